The molecular weight excluding hydrogens is 307 g/mol. The highest BCUT2D eigenvalue weighted by atomic mass is 19.4. The van der Waals surface area contributed by atoms with E-state index in [1.165, 1.54) is 19.1 Å². The number of alkyl halides is 5. The van der Waals surface area contributed by atoms with Crippen molar-refractivity contribution >= 4 is 5.97 Å². The Balaban J connectivity index is 2.33. The maximum Gasteiger partial charge on any atom is 0.458 e. The molecule has 0 aromatic heterocycles. The van der Waals surface area contributed by atoms with E-state index in [0.29, 0.717) is 18.4 Å². The van der Waals surface area contributed by atoms with E-state index in [1.807, 2.05) is 0 Å². The van der Waals surface area contributed by atoms with E-state index in [-0.39, 0.29) is 0 Å². The molecule has 1 aromatic carbocycles. The van der Waals surface area contributed by atoms with Crippen LogP contribution in [0.3, 0.4) is 0 Å². The first kappa shape index (κ1) is 16.7. The van der Waals surface area contributed by atoms with Crippen LogP contribution >= 0.6 is 0 Å². The first-order valence-corrected chi connectivity index (χ1v) is 6.84. The van der Waals surface area contributed by atoms with Gasteiger partial charge in [0.05, 0.1) is 0 Å². The van der Waals surface area contributed by atoms with E-state index in [4.69, 9.17) is 4.74 Å². The number of rotatable bonds is 3. The van der Waals surface area contributed by atoms with Crippen LogP contribution in [-0.2, 0) is 21.1 Å². The van der Waals surface area contributed by atoms with E-state index in [9.17, 15) is 26.7 Å². The van der Waals surface area contributed by atoms with Gasteiger partial charge in [0.2, 0.25) is 0 Å². The van der Waals surface area contributed by atoms with Gasteiger partial charge in [-0.15, -0.1) is 0 Å². The standard InChI is InChI=1S/C15H15F5O2/c1-10(21)22-13(8-2-3-9-13)11-4-6-12(7-5-11)14(16,17)15(18,19)20/h4-7H,2-3,8-9H2,1H3. The number of esters is 1. The fourth-order valence-electron chi connectivity index (χ4n) is 2.82. The molecule has 0 saturated heterocycles. The molecule has 0 heterocycles. The van der Waals surface area contributed by atoms with E-state index in [1.54, 1.807) is 0 Å². The Morgan fingerprint density at radius 1 is 1.05 bits per heavy atom. The van der Waals surface area contributed by atoms with Gasteiger partial charge in [-0.3, -0.25) is 4.79 Å². The Hall–Kier alpha value is -1.66. The Labute approximate surface area is 124 Å². The topological polar surface area (TPSA) is 26.3 Å². The Morgan fingerprint density at radius 2 is 1.55 bits per heavy atom. The van der Waals surface area contributed by atoms with Crippen LogP contribution in [-0.4, -0.2) is 12.1 Å². The SMILES string of the molecule is CC(=O)OC1(c2ccc(C(F)(F)C(F)(F)F)cc2)CCCC1. The van der Waals surface area contributed by atoms with Crippen molar-refractivity contribution in [2.24, 2.45) is 0 Å². The van der Waals surface area contributed by atoms with Gasteiger partial charge >= 0.3 is 18.1 Å². The molecule has 0 aliphatic heterocycles. The summed E-state index contributed by atoms with van der Waals surface area (Å²) in [5.41, 5.74) is -1.60. The van der Waals surface area contributed by atoms with Gasteiger partial charge in [-0.05, 0) is 31.2 Å². The lowest BCUT2D eigenvalue weighted by atomic mass is 9.90. The molecule has 1 saturated carbocycles. The molecule has 1 aliphatic carbocycles. The Kier molecular flexibility index (Phi) is 4.19. The predicted octanol–water partition coefficient (Wildman–Crippen LogP) is 4.67. The molecule has 122 valence electrons. The molecule has 0 atom stereocenters. The van der Waals surface area contributed by atoms with E-state index in [0.717, 1.165) is 25.0 Å². The van der Waals surface area contributed by atoms with E-state index >= 15 is 0 Å². The molecule has 0 N–H and O–H groups in total. The average molecular weight is 322 g/mol. The van der Waals surface area contributed by atoms with Gasteiger partial charge in [-0.25, -0.2) is 0 Å². The lowest BCUT2D eigenvalue weighted by Gasteiger charge is -2.29. The number of ether oxygens (including phenoxy) is 1. The lowest BCUT2D eigenvalue weighted by Crippen LogP contribution is -2.34. The molecule has 1 aliphatic rings. The number of hydrogen-bond acceptors (Lipinski definition) is 2. The van der Waals surface area contributed by atoms with Gasteiger partial charge in [-0.2, -0.15) is 22.0 Å². The van der Waals surface area contributed by atoms with Crippen LogP contribution in [0.2, 0.25) is 0 Å². The minimum absolute atomic E-state index is 0.446. The van der Waals surface area contributed by atoms with Gasteiger partial charge in [0, 0.05) is 12.5 Å². The second kappa shape index (κ2) is 5.52. The average Bonchev–Trinajstić information content (AvgIpc) is 2.86. The van der Waals surface area contributed by atoms with Crippen molar-refractivity contribution < 1.29 is 31.5 Å². The predicted molar refractivity (Wildman–Crippen MR) is 68.3 cm³/mol. The van der Waals surface area contributed by atoms with Crippen LogP contribution < -0.4 is 0 Å². The van der Waals surface area contributed by atoms with Crippen LogP contribution in [0, 0.1) is 0 Å². The molecule has 22 heavy (non-hydrogen) atoms. The zero-order valence-electron chi connectivity index (χ0n) is 11.8. The summed E-state index contributed by atoms with van der Waals surface area (Å²) in [6, 6.07) is 3.85. The zero-order valence-corrected chi connectivity index (χ0v) is 11.8. The maximum atomic E-state index is 13.3. The highest BCUT2D eigenvalue weighted by molar-refractivity contribution is 5.67. The molecular formula is C15H15F5O2. The van der Waals surface area contributed by atoms with Crippen molar-refractivity contribution in [3.05, 3.63) is 35.4 Å². The van der Waals surface area contributed by atoms with Crippen molar-refractivity contribution in [2.45, 2.75) is 50.3 Å². The van der Waals surface area contributed by atoms with Crippen LogP contribution in [0.15, 0.2) is 24.3 Å². The molecule has 0 unspecified atom stereocenters. The van der Waals surface area contributed by atoms with Crippen LogP contribution in [0.1, 0.15) is 43.7 Å². The largest absolute Gasteiger partial charge is 0.458 e. The highest BCUT2D eigenvalue weighted by Gasteiger charge is 2.58. The molecule has 7 heteroatoms. The fourth-order valence-corrected chi connectivity index (χ4v) is 2.82. The van der Waals surface area contributed by atoms with Crippen molar-refractivity contribution in [3.8, 4) is 0 Å². The summed E-state index contributed by atoms with van der Waals surface area (Å²) in [4.78, 5) is 11.2. The number of halogens is 5. The van der Waals surface area contributed by atoms with Crippen molar-refractivity contribution in [2.75, 3.05) is 0 Å². The van der Waals surface area contributed by atoms with Gasteiger partial charge < -0.3 is 4.74 Å². The van der Waals surface area contributed by atoms with Crippen LogP contribution in [0.25, 0.3) is 0 Å². The number of carbonyl (C=O) groups excluding carboxylic acids is 1. The maximum absolute atomic E-state index is 13.3. The van der Waals surface area contributed by atoms with Crippen LogP contribution in [0.5, 0.6) is 0 Å². The van der Waals surface area contributed by atoms with Gasteiger partial charge in [0.1, 0.15) is 5.60 Å². The normalized spacial score (nSPS) is 18.3. The van der Waals surface area contributed by atoms with Crippen molar-refractivity contribution in [3.63, 3.8) is 0 Å². The summed E-state index contributed by atoms with van der Waals surface area (Å²) in [6.45, 7) is 1.24. The molecule has 2 rings (SSSR count). The lowest BCUT2D eigenvalue weighted by molar-refractivity contribution is -0.289. The molecule has 2 nitrogen and oxygen atoms in total. The number of hydrogen-bond donors (Lipinski definition) is 0. The first-order chi connectivity index (χ1) is 10.1. The summed E-state index contributed by atoms with van der Waals surface area (Å²) in [7, 11) is 0. The second-order valence-electron chi connectivity index (χ2n) is 5.44. The smallest absolute Gasteiger partial charge is 0.454 e. The third kappa shape index (κ3) is 2.94. The van der Waals surface area contributed by atoms with Crippen molar-refractivity contribution in [1.82, 2.24) is 0 Å². The third-order valence-electron chi connectivity index (χ3n) is 3.88. The fraction of sp³-hybridized carbons (Fsp3) is 0.533. The van der Waals surface area contributed by atoms with Crippen molar-refractivity contribution in [1.29, 1.82) is 0 Å². The molecule has 0 bridgehead atoms. The van der Waals surface area contributed by atoms with Crippen LogP contribution in [0.4, 0.5) is 22.0 Å². The number of carbonyl (C=O) groups is 1. The summed E-state index contributed by atoms with van der Waals surface area (Å²) in [5.74, 6) is -5.41. The zero-order chi connectivity index (χ0) is 16.6. The molecule has 1 fully saturated rings. The summed E-state index contributed by atoms with van der Waals surface area (Å²) >= 11 is 0. The van der Waals surface area contributed by atoms with E-state index in [2.05, 4.69) is 0 Å². The van der Waals surface area contributed by atoms with Gasteiger partial charge in [0.25, 0.3) is 0 Å². The van der Waals surface area contributed by atoms with Gasteiger partial charge in [-0.1, -0.05) is 24.3 Å². The summed E-state index contributed by atoms with van der Waals surface area (Å²) in [5, 5.41) is 0. The summed E-state index contributed by atoms with van der Waals surface area (Å²) in [6.07, 6.45) is -2.99. The molecule has 0 spiro atoms. The monoisotopic (exact) mass is 322 g/mol. The minimum atomic E-state index is -5.64. The quantitative estimate of drug-likeness (QED) is 0.597. The Bertz CT molecular complexity index is 542. The summed E-state index contributed by atoms with van der Waals surface area (Å²) < 4.78 is 68.9. The Morgan fingerprint density at radius 3 is 1.95 bits per heavy atom. The number of benzene rings is 1. The highest BCUT2D eigenvalue weighted by Crippen LogP contribution is 2.46. The molecule has 0 radical (unpaired) electrons. The van der Waals surface area contributed by atoms with Gasteiger partial charge in [0.15, 0.2) is 0 Å². The van der Waals surface area contributed by atoms with E-state index < -0.39 is 29.2 Å². The molecule has 1 aromatic rings. The third-order valence-corrected chi connectivity index (χ3v) is 3.88. The second-order valence-corrected chi connectivity index (χ2v) is 5.44. The molecule has 0 amide bonds. The first-order valence-electron chi connectivity index (χ1n) is 6.84. The minimum Gasteiger partial charge on any atom is -0.454 e.